The molecule has 2 aliphatic heterocycles. The van der Waals surface area contributed by atoms with E-state index in [0.717, 1.165) is 39.0 Å². The third-order valence-electron chi connectivity index (χ3n) is 5.79. The molecule has 156 valence electrons. The minimum atomic E-state index is 0. The lowest BCUT2D eigenvalue weighted by molar-refractivity contribution is 0.0756. The SMILES string of the molecule is CCOc1ccccc1Oc1ccccc1C(=O)N1CC[C@@H]2CNC[C@@H]2CC1.Cl. The van der Waals surface area contributed by atoms with Crippen molar-refractivity contribution in [3.63, 3.8) is 0 Å². The number of amides is 1. The lowest BCUT2D eigenvalue weighted by atomic mass is 9.92. The van der Waals surface area contributed by atoms with Gasteiger partial charge >= 0.3 is 0 Å². The fraction of sp³-hybridized carbons (Fsp3) is 0.435. The van der Waals surface area contributed by atoms with Crippen molar-refractivity contribution in [3.8, 4) is 17.2 Å². The number of benzene rings is 2. The van der Waals surface area contributed by atoms with Crippen LogP contribution in [0.3, 0.4) is 0 Å². The topological polar surface area (TPSA) is 50.8 Å². The maximum Gasteiger partial charge on any atom is 0.257 e. The Balaban J connectivity index is 0.00000240. The molecule has 2 atom stereocenters. The molecule has 0 radical (unpaired) electrons. The molecule has 2 saturated heterocycles. The number of nitrogens with one attached hydrogen (secondary N) is 1. The summed E-state index contributed by atoms with van der Waals surface area (Å²) in [5.74, 6) is 3.33. The van der Waals surface area contributed by atoms with Crippen LogP contribution < -0.4 is 14.8 Å². The molecule has 0 saturated carbocycles. The summed E-state index contributed by atoms with van der Waals surface area (Å²) in [5.41, 5.74) is 0.610. The Labute approximate surface area is 178 Å². The molecule has 2 aromatic carbocycles. The molecule has 1 N–H and O–H groups in total. The van der Waals surface area contributed by atoms with Gasteiger partial charge in [0.15, 0.2) is 11.5 Å². The van der Waals surface area contributed by atoms with Crippen molar-refractivity contribution in [2.45, 2.75) is 19.8 Å². The second-order valence-electron chi connectivity index (χ2n) is 7.53. The third kappa shape index (κ3) is 4.85. The van der Waals surface area contributed by atoms with E-state index in [-0.39, 0.29) is 18.3 Å². The number of carbonyl (C=O) groups is 1. The van der Waals surface area contributed by atoms with Gasteiger partial charge < -0.3 is 19.7 Å². The number of ether oxygens (including phenoxy) is 2. The van der Waals surface area contributed by atoms with Crippen molar-refractivity contribution in [3.05, 3.63) is 54.1 Å². The molecule has 4 rings (SSSR count). The molecule has 0 aromatic heterocycles. The number of halogens is 1. The van der Waals surface area contributed by atoms with Crippen LogP contribution in [-0.4, -0.2) is 43.6 Å². The van der Waals surface area contributed by atoms with Gasteiger partial charge in [0.1, 0.15) is 5.75 Å². The van der Waals surface area contributed by atoms with Gasteiger partial charge in [-0.1, -0.05) is 24.3 Å². The van der Waals surface area contributed by atoms with Crippen LogP contribution in [-0.2, 0) is 0 Å². The number of hydrogen-bond acceptors (Lipinski definition) is 4. The van der Waals surface area contributed by atoms with Crippen LogP contribution in [0.25, 0.3) is 0 Å². The summed E-state index contributed by atoms with van der Waals surface area (Å²) >= 11 is 0. The van der Waals surface area contributed by atoms with Crippen molar-refractivity contribution in [1.82, 2.24) is 10.2 Å². The molecule has 2 aromatic rings. The second-order valence-corrected chi connectivity index (χ2v) is 7.53. The number of carbonyl (C=O) groups excluding carboxylic acids is 1. The zero-order chi connectivity index (χ0) is 19.3. The zero-order valence-corrected chi connectivity index (χ0v) is 17.6. The highest BCUT2D eigenvalue weighted by atomic mass is 35.5. The molecule has 0 unspecified atom stereocenters. The highest BCUT2D eigenvalue weighted by molar-refractivity contribution is 5.97. The first-order valence-corrected chi connectivity index (χ1v) is 10.2. The minimum absolute atomic E-state index is 0. The van der Waals surface area contributed by atoms with Crippen LogP contribution in [0.2, 0.25) is 0 Å². The minimum Gasteiger partial charge on any atom is -0.490 e. The van der Waals surface area contributed by atoms with Gasteiger partial charge in [0, 0.05) is 13.1 Å². The van der Waals surface area contributed by atoms with Crippen LogP contribution in [0.4, 0.5) is 0 Å². The largest absolute Gasteiger partial charge is 0.490 e. The number of likely N-dealkylation sites (tertiary alicyclic amines) is 1. The van der Waals surface area contributed by atoms with E-state index in [4.69, 9.17) is 9.47 Å². The lowest BCUT2D eigenvalue weighted by Crippen LogP contribution is -2.33. The Hall–Kier alpha value is -2.24. The third-order valence-corrected chi connectivity index (χ3v) is 5.79. The Morgan fingerprint density at radius 1 is 0.966 bits per heavy atom. The molecule has 29 heavy (non-hydrogen) atoms. The van der Waals surface area contributed by atoms with Crippen LogP contribution in [0, 0.1) is 11.8 Å². The maximum absolute atomic E-state index is 13.3. The van der Waals surface area contributed by atoms with E-state index < -0.39 is 0 Å². The first-order valence-electron chi connectivity index (χ1n) is 10.2. The maximum atomic E-state index is 13.3. The molecule has 0 bridgehead atoms. The van der Waals surface area contributed by atoms with Gasteiger partial charge in [0.25, 0.3) is 5.91 Å². The van der Waals surface area contributed by atoms with E-state index in [2.05, 4.69) is 5.32 Å². The Morgan fingerprint density at radius 3 is 2.21 bits per heavy atom. The molecule has 0 spiro atoms. The van der Waals surface area contributed by atoms with Crippen LogP contribution >= 0.6 is 12.4 Å². The average molecular weight is 417 g/mol. The number of fused-ring (bicyclic) bond motifs is 1. The van der Waals surface area contributed by atoms with Gasteiger partial charge in [-0.3, -0.25) is 4.79 Å². The molecule has 5 nitrogen and oxygen atoms in total. The quantitative estimate of drug-likeness (QED) is 0.786. The Kier molecular flexibility index (Phi) is 7.40. The van der Waals surface area contributed by atoms with Gasteiger partial charge in [-0.25, -0.2) is 0 Å². The molecular weight excluding hydrogens is 388 g/mol. The monoisotopic (exact) mass is 416 g/mol. The Bertz CT molecular complexity index is 815. The van der Waals surface area contributed by atoms with Gasteiger partial charge in [-0.15, -0.1) is 12.4 Å². The summed E-state index contributed by atoms with van der Waals surface area (Å²) in [4.78, 5) is 15.3. The summed E-state index contributed by atoms with van der Waals surface area (Å²) < 4.78 is 11.8. The lowest BCUT2D eigenvalue weighted by Gasteiger charge is -2.22. The van der Waals surface area contributed by atoms with E-state index >= 15 is 0 Å². The van der Waals surface area contributed by atoms with Crippen molar-refractivity contribution < 1.29 is 14.3 Å². The molecule has 6 heteroatoms. The van der Waals surface area contributed by atoms with Gasteiger partial charge in [0.05, 0.1) is 12.2 Å². The summed E-state index contributed by atoms with van der Waals surface area (Å²) in [7, 11) is 0. The summed E-state index contributed by atoms with van der Waals surface area (Å²) in [6, 6.07) is 15.1. The van der Waals surface area contributed by atoms with Crippen LogP contribution in [0.5, 0.6) is 17.2 Å². The van der Waals surface area contributed by atoms with Crippen molar-refractivity contribution in [2.75, 3.05) is 32.8 Å². The standard InChI is InChI=1S/C23H28N2O3.ClH/c1-2-27-21-9-5-6-10-22(21)28-20-8-4-3-7-19(20)23(26)25-13-11-17-15-24-16-18(17)12-14-25;/h3-10,17-18,24H,2,11-16H2,1H3;1H/t17-,18+;. The molecule has 0 aliphatic carbocycles. The van der Waals surface area contributed by atoms with E-state index in [0.29, 0.717) is 41.3 Å². The smallest absolute Gasteiger partial charge is 0.257 e. The fourth-order valence-electron chi connectivity index (χ4n) is 4.25. The second kappa shape index (κ2) is 9.99. The molecular formula is C23H29ClN2O3. The first kappa shape index (κ1) is 21.5. The summed E-state index contributed by atoms with van der Waals surface area (Å²) in [5, 5.41) is 3.48. The van der Waals surface area contributed by atoms with Crippen LogP contribution in [0.15, 0.2) is 48.5 Å². The number of para-hydroxylation sites is 3. The molecule has 1 amide bonds. The number of hydrogen-bond donors (Lipinski definition) is 1. The number of rotatable bonds is 5. The highest BCUT2D eigenvalue weighted by Crippen LogP contribution is 2.34. The van der Waals surface area contributed by atoms with E-state index in [1.54, 1.807) is 0 Å². The molecule has 2 fully saturated rings. The fourth-order valence-corrected chi connectivity index (χ4v) is 4.25. The van der Waals surface area contributed by atoms with Crippen molar-refractivity contribution >= 4 is 18.3 Å². The van der Waals surface area contributed by atoms with Crippen LogP contribution in [0.1, 0.15) is 30.1 Å². The van der Waals surface area contributed by atoms with E-state index in [1.165, 1.54) is 0 Å². The number of nitrogens with zero attached hydrogens (tertiary/aromatic N) is 1. The van der Waals surface area contributed by atoms with Gasteiger partial charge in [0.2, 0.25) is 0 Å². The van der Waals surface area contributed by atoms with Gasteiger partial charge in [-0.05, 0) is 69.0 Å². The predicted octanol–water partition coefficient (Wildman–Crippen LogP) is 4.37. The Morgan fingerprint density at radius 2 is 1.55 bits per heavy atom. The van der Waals surface area contributed by atoms with E-state index in [9.17, 15) is 4.79 Å². The average Bonchev–Trinajstić information content (AvgIpc) is 3.08. The van der Waals surface area contributed by atoms with E-state index in [1.807, 2.05) is 60.4 Å². The molecule has 2 heterocycles. The van der Waals surface area contributed by atoms with Crippen molar-refractivity contribution in [2.24, 2.45) is 11.8 Å². The predicted molar refractivity (Wildman–Crippen MR) is 116 cm³/mol. The van der Waals surface area contributed by atoms with Crippen molar-refractivity contribution in [1.29, 1.82) is 0 Å². The molecule has 2 aliphatic rings. The first-order chi connectivity index (χ1) is 13.8. The zero-order valence-electron chi connectivity index (χ0n) is 16.8. The normalized spacial score (nSPS) is 20.9. The van der Waals surface area contributed by atoms with Gasteiger partial charge in [-0.2, -0.15) is 0 Å². The summed E-state index contributed by atoms with van der Waals surface area (Å²) in [6.45, 7) is 6.29. The summed E-state index contributed by atoms with van der Waals surface area (Å²) in [6.07, 6.45) is 2.14. The highest BCUT2D eigenvalue weighted by Gasteiger charge is 2.32.